The molecule has 0 fully saturated rings. The van der Waals surface area contributed by atoms with Gasteiger partial charge in [-0.25, -0.2) is 4.79 Å². The van der Waals surface area contributed by atoms with Gasteiger partial charge in [0.15, 0.2) is 0 Å². The van der Waals surface area contributed by atoms with Gasteiger partial charge in [-0.2, -0.15) is 0 Å². The summed E-state index contributed by atoms with van der Waals surface area (Å²) in [5.41, 5.74) is 4.81. The van der Waals surface area contributed by atoms with E-state index in [-0.39, 0.29) is 19.6 Å². The molecule has 0 aromatic carbocycles. The molecule has 92 valence electrons. The topological polar surface area (TPSA) is 122 Å². The fraction of sp³-hybridized carbons (Fsp3) is 0.333. The van der Waals surface area contributed by atoms with Gasteiger partial charge in [0.05, 0.1) is 0 Å². The first-order valence-corrected chi connectivity index (χ1v) is 4.84. The second-order valence-corrected chi connectivity index (χ2v) is 3.24. The number of nitrogens with one attached hydrogen (secondary N) is 2. The second-order valence-electron chi connectivity index (χ2n) is 3.24. The predicted octanol–water partition coefficient (Wildman–Crippen LogP) is -2.30. The van der Waals surface area contributed by atoms with E-state index in [1.807, 2.05) is 0 Å². The Morgan fingerprint density at radius 1 is 1.12 bits per heavy atom. The van der Waals surface area contributed by atoms with Crippen LogP contribution < -0.4 is 16.4 Å². The molecule has 1 aliphatic rings. The van der Waals surface area contributed by atoms with Crippen molar-refractivity contribution in [3.63, 3.8) is 0 Å². The van der Waals surface area contributed by atoms with Crippen LogP contribution in [0.5, 0.6) is 0 Å². The maximum absolute atomic E-state index is 11.3. The highest BCUT2D eigenvalue weighted by Gasteiger charge is 2.25. The van der Waals surface area contributed by atoms with E-state index in [1.165, 1.54) is 0 Å². The van der Waals surface area contributed by atoms with Crippen molar-refractivity contribution >= 4 is 23.8 Å². The normalized spacial score (nSPS) is 14.0. The lowest BCUT2D eigenvalue weighted by Crippen LogP contribution is -2.43. The number of urea groups is 1. The van der Waals surface area contributed by atoms with Crippen molar-refractivity contribution in [2.45, 2.75) is 0 Å². The van der Waals surface area contributed by atoms with Crippen LogP contribution in [0.4, 0.5) is 4.79 Å². The van der Waals surface area contributed by atoms with Crippen molar-refractivity contribution in [2.75, 3.05) is 19.6 Å². The van der Waals surface area contributed by atoms with Crippen molar-refractivity contribution in [1.29, 1.82) is 0 Å². The maximum atomic E-state index is 11.3. The van der Waals surface area contributed by atoms with Crippen LogP contribution in [-0.2, 0) is 14.4 Å². The number of nitrogens with two attached hydrogens (primary N) is 1. The number of primary amides is 1. The van der Waals surface area contributed by atoms with Crippen molar-refractivity contribution < 1.29 is 19.2 Å². The minimum Gasteiger partial charge on any atom is -0.353 e. The number of carbonyl (C=O) groups is 4. The van der Waals surface area contributed by atoms with Crippen LogP contribution in [0.1, 0.15) is 0 Å². The van der Waals surface area contributed by atoms with Crippen molar-refractivity contribution in [3.8, 4) is 0 Å². The quantitative estimate of drug-likeness (QED) is 0.369. The average Bonchev–Trinajstić information content (AvgIpc) is 2.56. The summed E-state index contributed by atoms with van der Waals surface area (Å²) in [7, 11) is 0. The molecule has 0 atom stereocenters. The number of carbonyl (C=O) groups excluding carboxylic acids is 4. The standard InChI is InChI=1S/C9H12N4O4/c10-9(17)12-4-3-11-6(14)5-13-7(15)1-2-8(13)16/h1-2H,3-5H2,(H,11,14)(H3,10,12,17). The highest BCUT2D eigenvalue weighted by Crippen LogP contribution is 2.01. The molecule has 1 heterocycles. The van der Waals surface area contributed by atoms with E-state index in [1.54, 1.807) is 0 Å². The largest absolute Gasteiger partial charge is 0.353 e. The first-order chi connectivity index (χ1) is 8.00. The number of imide groups is 1. The van der Waals surface area contributed by atoms with Gasteiger partial charge in [-0.15, -0.1) is 0 Å². The van der Waals surface area contributed by atoms with Crippen molar-refractivity contribution in [1.82, 2.24) is 15.5 Å². The zero-order valence-electron chi connectivity index (χ0n) is 8.93. The zero-order valence-corrected chi connectivity index (χ0v) is 8.93. The Labute approximate surface area is 96.8 Å². The molecule has 0 aromatic heterocycles. The minimum atomic E-state index is -0.687. The lowest BCUT2D eigenvalue weighted by molar-refractivity contribution is -0.141. The summed E-state index contributed by atoms with van der Waals surface area (Å²) in [5, 5.41) is 4.70. The molecule has 17 heavy (non-hydrogen) atoms. The molecule has 1 rings (SSSR count). The van der Waals surface area contributed by atoms with Crippen LogP contribution in [0.2, 0.25) is 0 Å². The highest BCUT2D eigenvalue weighted by atomic mass is 16.2. The number of hydrogen-bond acceptors (Lipinski definition) is 4. The minimum absolute atomic E-state index is 0.172. The number of rotatable bonds is 5. The number of hydrogen-bond donors (Lipinski definition) is 3. The molecule has 1 aliphatic heterocycles. The molecular formula is C9H12N4O4. The molecule has 0 saturated heterocycles. The molecule has 4 N–H and O–H groups in total. The van der Waals surface area contributed by atoms with E-state index in [2.05, 4.69) is 10.6 Å². The first-order valence-electron chi connectivity index (χ1n) is 4.84. The molecular weight excluding hydrogens is 228 g/mol. The Hall–Kier alpha value is -2.38. The van der Waals surface area contributed by atoms with E-state index in [4.69, 9.17) is 5.73 Å². The van der Waals surface area contributed by atoms with Crippen LogP contribution in [0.3, 0.4) is 0 Å². The molecule has 5 amide bonds. The van der Waals surface area contributed by atoms with Gasteiger partial charge in [0, 0.05) is 25.2 Å². The summed E-state index contributed by atoms with van der Waals surface area (Å²) in [4.78, 5) is 44.6. The van der Waals surface area contributed by atoms with E-state index in [0.717, 1.165) is 17.1 Å². The monoisotopic (exact) mass is 240 g/mol. The van der Waals surface area contributed by atoms with E-state index >= 15 is 0 Å². The lowest BCUT2D eigenvalue weighted by Gasteiger charge is -2.13. The zero-order chi connectivity index (χ0) is 12.8. The molecule has 0 bridgehead atoms. The van der Waals surface area contributed by atoms with Crippen LogP contribution in [0.25, 0.3) is 0 Å². The maximum Gasteiger partial charge on any atom is 0.312 e. The van der Waals surface area contributed by atoms with Gasteiger partial charge >= 0.3 is 6.03 Å². The molecule has 8 nitrogen and oxygen atoms in total. The van der Waals surface area contributed by atoms with Gasteiger partial charge in [-0.3, -0.25) is 19.3 Å². The van der Waals surface area contributed by atoms with Crippen LogP contribution in [0.15, 0.2) is 12.2 Å². The number of amides is 5. The van der Waals surface area contributed by atoms with Gasteiger partial charge in [0.1, 0.15) is 6.54 Å². The fourth-order valence-electron chi connectivity index (χ4n) is 1.17. The molecule has 0 radical (unpaired) electrons. The second kappa shape index (κ2) is 5.64. The summed E-state index contributed by atoms with van der Waals surface area (Å²) in [6.45, 7) is 0.0217. The van der Waals surface area contributed by atoms with Gasteiger partial charge in [0.2, 0.25) is 5.91 Å². The summed E-state index contributed by atoms with van der Waals surface area (Å²) >= 11 is 0. The number of nitrogens with zero attached hydrogens (tertiary/aromatic N) is 1. The third kappa shape index (κ3) is 3.93. The molecule has 8 heteroatoms. The summed E-state index contributed by atoms with van der Waals surface area (Å²) in [6, 6.07) is -0.687. The third-order valence-electron chi connectivity index (χ3n) is 1.95. The average molecular weight is 240 g/mol. The van der Waals surface area contributed by atoms with E-state index < -0.39 is 23.8 Å². The Morgan fingerprint density at radius 3 is 2.18 bits per heavy atom. The Balaban J connectivity index is 2.24. The summed E-state index contributed by atoms with van der Waals surface area (Å²) < 4.78 is 0. The van der Waals surface area contributed by atoms with Crippen molar-refractivity contribution in [3.05, 3.63) is 12.2 Å². The van der Waals surface area contributed by atoms with E-state index in [9.17, 15) is 19.2 Å². The smallest absolute Gasteiger partial charge is 0.312 e. The Bertz CT molecular complexity index is 372. The molecule has 0 spiro atoms. The molecule has 0 saturated carbocycles. The highest BCUT2D eigenvalue weighted by molar-refractivity contribution is 6.14. The first kappa shape index (κ1) is 12.7. The van der Waals surface area contributed by atoms with Crippen LogP contribution >= 0.6 is 0 Å². The molecule has 0 aromatic rings. The Kier molecular flexibility index (Phi) is 4.21. The van der Waals surface area contributed by atoms with E-state index in [0.29, 0.717) is 0 Å². The Morgan fingerprint density at radius 2 is 1.65 bits per heavy atom. The summed E-state index contributed by atoms with van der Waals surface area (Å²) in [6.07, 6.45) is 2.20. The van der Waals surface area contributed by atoms with Gasteiger partial charge in [-0.05, 0) is 0 Å². The van der Waals surface area contributed by atoms with Crippen molar-refractivity contribution in [2.24, 2.45) is 5.73 Å². The molecule has 0 aliphatic carbocycles. The van der Waals surface area contributed by atoms with Crippen LogP contribution in [-0.4, -0.2) is 48.3 Å². The third-order valence-corrected chi connectivity index (χ3v) is 1.95. The summed E-state index contributed by atoms with van der Waals surface area (Å²) in [5.74, 6) is -1.51. The predicted molar refractivity (Wildman–Crippen MR) is 56.5 cm³/mol. The fourth-order valence-corrected chi connectivity index (χ4v) is 1.17. The van der Waals surface area contributed by atoms with Crippen LogP contribution in [0, 0.1) is 0 Å². The van der Waals surface area contributed by atoms with Gasteiger partial charge in [-0.1, -0.05) is 0 Å². The SMILES string of the molecule is NC(=O)NCCNC(=O)CN1C(=O)C=CC1=O. The lowest BCUT2D eigenvalue weighted by atomic mass is 10.4. The molecule has 0 unspecified atom stereocenters. The van der Waals surface area contributed by atoms with Gasteiger partial charge in [0.25, 0.3) is 11.8 Å². The van der Waals surface area contributed by atoms with Gasteiger partial charge < -0.3 is 16.4 Å².